The van der Waals surface area contributed by atoms with E-state index in [1.54, 1.807) is 0 Å². The first kappa shape index (κ1) is 15.5. The molecule has 20 heavy (non-hydrogen) atoms. The van der Waals surface area contributed by atoms with Crippen LogP contribution in [0.3, 0.4) is 0 Å². The Morgan fingerprint density at radius 3 is 2.25 bits per heavy atom. The van der Waals surface area contributed by atoms with Crippen molar-refractivity contribution in [1.29, 1.82) is 0 Å². The molecule has 2 rings (SSSR count). The van der Waals surface area contributed by atoms with Gasteiger partial charge in [0.1, 0.15) is 0 Å². The first-order chi connectivity index (χ1) is 9.65. The Morgan fingerprint density at radius 1 is 1.00 bits per heavy atom. The van der Waals surface area contributed by atoms with Crippen molar-refractivity contribution in [3.8, 4) is 0 Å². The lowest BCUT2D eigenvalue weighted by Gasteiger charge is -2.38. The van der Waals surface area contributed by atoms with Gasteiger partial charge >= 0.3 is 0 Å². The molecular formula is C18H30N2. The van der Waals surface area contributed by atoms with Crippen LogP contribution in [0.5, 0.6) is 0 Å². The molecule has 1 aromatic carbocycles. The molecule has 2 nitrogen and oxygen atoms in total. The standard InChI is InChI=1S/C18H30N2/c1-5-15(3)17-8-7-9-18(14-17)16(4)20-12-10-19(6-2)11-13-20/h7-9,14-16H,5-6,10-13H2,1-4H3. The molecule has 1 heterocycles. The van der Waals surface area contributed by atoms with Crippen LogP contribution in [0.25, 0.3) is 0 Å². The van der Waals surface area contributed by atoms with Crippen LogP contribution in [0.4, 0.5) is 0 Å². The van der Waals surface area contributed by atoms with E-state index in [2.05, 4.69) is 61.8 Å². The Balaban J connectivity index is 2.04. The first-order valence-corrected chi connectivity index (χ1v) is 8.22. The second-order valence-electron chi connectivity index (χ2n) is 6.13. The van der Waals surface area contributed by atoms with E-state index < -0.39 is 0 Å². The first-order valence-electron chi connectivity index (χ1n) is 8.22. The quantitative estimate of drug-likeness (QED) is 0.803. The number of hydrogen-bond donors (Lipinski definition) is 0. The van der Waals surface area contributed by atoms with Gasteiger partial charge in [-0.15, -0.1) is 0 Å². The average Bonchev–Trinajstić information content (AvgIpc) is 2.53. The van der Waals surface area contributed by atoms with Gasteiger partial charge in [-0.1, -0.05) is 45.0 Å². The Morgan fingerprint density at radius 2 is 1.65 bits per heavy atom. The zero-order valence-electron chi connectivity index (χ0n) is 13.6. The second kappa shape index (κ2) is 7.24. The van der Waals surface area contributed by atoms with Crippen LogP contribution in [0.1, 0.15) is 57.2 Å². The largest absolute Gasteiger partial charge is 0.301 e. The van der Waals surface area contributed by atoms with E-state index >= 15 is 0 Å². The van der Waals surface area contributed by atoms with Gasteiger partial charge in [-0.2, -0.15) is 0 Å². The van der Waals surface area contributed by atoms with Crippen molar-refractivity contribution in [2.24, 2.45) is 0 Å². The molecule has 0 bridgehead atoms. The Labute approximate surface area is 124 Å². The molecule has 1 aliphatic heterocycles. The molecule has 2 unspecified atom stereocenters. The minimum Gasteiger partial charge on any atom is -0.301 e. The minimum atomic E-state index is 0.540. The highest BCUT2D eigenvalue weighted by Gasteiger charge is 2.21. The zero-order chi connectivity index (χ0) is 14.5. The van der Waals surface area contributed by atoms with E-state index in [-0.39, 0.29) is 0 Å². The number of piperazine rings is 1. The van der Waals surface area contributed by atoms with Gasteiger partial charge in [0.15, 0.2) is 0 Å². The SMILES string of the molecule is CCC(C)c1cccc(C(C)N2CCN(CC)CC2)c1. The van der Waals surface area contributed by atoms with E-state index in [0.717, 1.165) is 0 Å². The highest BCUT2D eigenvalue weighted by molar-refractivity contribution is 5.28. The van der Waals surface area contributed by atoms with Gasteiger partial charge in [0.05, 0.1) is 0 Å². The molecule has 1 fully saturated rings. The maximum Gasteiger partial charge on any atom is 0.0321 e. The Bertz CT molecular complexity index is 408. The highest BCUT2D eigenvalue weighted by Crippen LogP contribution is 2.26. The van der Waals surface area contributed by atoms with Crippen LogP contribution in [-0.2, 0) is 0 Å². The molecule has 0 saturated carbocycles. The molecule has 0 spiro atoms. The molecular weight excluding hydrogens is 244 g/mol. The number of rotatable bonds is 5. The van der Waals surface area contributed by atoms with Crippen LogP contribution >= 0.6 is 0 Å². The fourth-order valence-corrected chi connectivity index (χ4v) is 3.04. The van der Waals surface area contributed by atoms with E-state index in [1.165, 1.54) is 50.3 Å². The van der Waals surface area contributed by atoms with Gasteiger partial charge in [-0.05, 0) is 36.9 Å². The molecule has 112 valence electrons. The van der Waals surface area contributed by atoms with Crippen molar-refractivity contribution in [1.82, 2.24) is 9.80 Å². The van der Waals surface area contributed by atoms with Crippen molar-refractivity contribution in [2.45, 2.75) is 46.1 Å². The third-order valence-electron chi connectivity index (χ3n) is 4.98. The van der Waals surface area contributed by atoms with Gasteiger partial charge < -0.3 is 4.90 Å². The fourth-order valence-electron chi connectivity index (χ4n) is 3.04. The smallest absolute Gasteiger partial charge is 0.0321 e. The van der Waals surface area contributed by atoms with Crippen LogP contribution < -0.4 is 0 Å². The third kappa shape index (κ3) is 3.62. The molecule has 1 saturated heterocycles. The molecule has 1 aromatic rings. The highest BCUT2D eigenvalue weighted by atomic mass is 15.3. The van der Waals surface area contributed by atoms with Gasteiger partial charge in [-0.25, -0.2) is 0 Å². The molecule has 2 atom stereocenters. The Kier molecular flexibility index (Phi) is 5.62. The Hall–Kier alpha value is -0.860. The summed E-state index contributed by atoms with van der Waals surface area (Å²) in [6, 6.07) is 9.76. The zero-order valence-corrected chi connectivity index (χ0v) is 13.6. The molecule has 0 aromatic heterocycles. The lowest BCUT2D eigenvalue weighted by atomic mass is 9.94. The molecule has 2 heteroatoms. The van der Waals surface area contributed by atoms with Crippen LogP contribution in [0.15, 0.2) is 24.3 Å². The van der Waals surface area contributed by atoms with Crippen LogP contribution in [0, 0.1) is 0 Å². The number of likely N-dealkylation sites (N-methyl/N-ethyl adjacent to an activating group) is 1. The summed E-state index contributed by atoms with van der Waals surface area (Å²) < 4.78 is 0. The lowest BCUT2D eigenvalue weighted by molar-refractivity contribution is 0.106. The number of benzene rings is 1. The van der Waals surface area contributed by atoms with E-state index in [9.17, 15) is 0 Å². The maximum atomic E-state index is 2.63. The summed E-state index contributed by atoms with van der Waals surface area (Å²) in [6.45, 7) is 15.2. The summed E-state index contributed by atoms with van der Waals surface area (Å²) in [6.07, 6.45) is 1.22. The summed E-state index contributed by atoms with van der Waals surface area (Å²) in [5.74, 6) is 0.666. The number of nitrogens with zero attached hydrogens (tertiary/aromatic N) is 2. The number of hydrogen-bond acceptors (Lipinski definition) is 2. The van der Waals surface area contributed by atoms with Crippen molar-refractivity contribution in [3.05, 3.63) is 35.4 Å². The van der Waals surface area contributed by atoms with Crippen molar-refractivity contribution < 1.29 is 0 Å². The summed E-state index contributed by atoms with van der Waals surface area (Å²) in [4.78, 5) is 5.17. The van der Waals surface area contributed by atoms with E-state index in [4.69, 9.17) is 0 Å². The van der Waals surface area contributed by atoms with Gasteiger partial charge in [0.2, 0.25) is 0 Å². The summed E-state index contributed by atoms with van der Waals surface area (Å²) in [7, 11) is 0. The fraction of sp³-hybridized carbons (Fsp3) is 0.667. The summed E-state index contributed by atoms with van der Waals surface area (Å²) in [5.41, 5.74) is 2.97. The third-order valence-corrected chi connectivity index (χ3v) is 4.98. The molecule has 0 N–H and O–H groups in total. The maximum absolute atomic E-state index is 2.63. The van der Waals surface area contributed by atoms with Gasteiger partial charge in [0, 0.05) is 32.2 Å². The second-order valence-corrected chi connectivity index (χ2v) is 6.13. The normalized spacial score (nSPS) is 20.8. The van der Waals surface area contributed by atoms with Crippen molar-refractivity contribution in [2.75, 3.05) is 32.7 Å². The van der Waals surface area contributed by atoms with Gasteiger partial charge in [0.25, 0.3) is 0 Å². The monoisotopic (exact) mass is 274 g/mol. The summed E-state index contributed by atoms with van der Waals surface area (Å²) in [5, 5.41) is 0. The van der Waals surface area contributed by atoms with Crippen LogP contribution in [0.2, 0.25) is 0 Å². The molecule has 1 aliphatic rings. The van der Waals surface area contributed by atoms with E-state index in [1.807, 2.05) is 0 Å². The topological polar surface area (TPSA) is 6.48 Å². The average molecular weight is 274 g/mol. The predicted molar refractivity (Wildman–Crippen MR) is 87.3 cm³/mol. The van der Waals surface area contributed by atoms with Crippen LogP contribution in [-0.4, -0.2) is 42.5 Å². The lowest BCUT2D eigenvalue weighted by Crippen LogP contribution is -2.46. The molecule has 0 radical (unpaired) electrons. The predicted octanol–water partition coefficient (Wildman–Crippen LogP) is 3.90. The summed E-state index contributed by atoms with van der Waals surface area (Å²) >= 11 is 0. The molecule has 0 aliphatic carbocycles. The van der Waals surface area contributed by atoms with Crippen molar-refractivity contribution in [3.63, 3.8) is 0 Å². The minimum absolute atomic E-state index is 0.540. The van der Waals surface area contributed by atoms with E-state index in [0.29, 0.717) is 12.0 Å². The van der Waals surface area contributed by atoms with Gasteiger partial charge in [-0.3, -0.25) is 4.90 Å². The molecule has 0 amide bonds. The van der Waals surface area contributed by atoms with Crippen molar-refractivity contribution >= 4 is 0 Å².